The van der Waals surface area contributed by atoms with Crippen molar-refractivity contribution in [3.05, 3.63) is 29.8 Å². The Morgan fingerprint density at radius 1 is 1.24 bits per heavy atom. The van der Waals surface area contributed by atoms with Crippen molar-refractivity contribution in [2.24, 2.45) is 0 Å². The average Bonchev–Trinajstić information content (AvgIpc) is 2.38. The minimum Gasteiger partial charge on any atom is -0.497 e. The van der Waals surface area contributed by atoms with Crippen LogP contribution >= 0.6 is 7.60 Å². The first-order chi connectivity index (χ1) is 8.04. The van der Waals surface area contributed by atoms with E-state index in [1.54, 1.807) is 24.3 Å². The number of Topliss-reactive ketones (excluding diaryl/α,β-unsaturated/α-hetero) is 1. The number of hydrogen-bond donors (Lipinski definition) is 0. The first kappa shape index (κ1) is 13.9. The van der Waals surface area contributed by atoms with Gasteiger partial charge < -0.3 is 13.8 Å². The molecule has 0 fully saturated rings. The summed E-state index contributed by atoms with van der Waals surface area (Å²) in [6.45, 7) is 0. The summed E-state index contributed by atoms with van der Waals surface area (Å²) in [6.07, 6.45) is -0.285. The van der Waals surface area contributed by atoms with E-state index in [-0.39, 0.29) is 11.9 Å². The minimum absolute atomic E-state index is 0.285. The van der Waals surface area contributed by atoms with Crippen molar-refractivity contribution in [2.75, 3.05) is 27.5 Å². The molecule has 0 amide bonds. The van der Waals surface area contributed by atoms with Gasteiger partial charge in [0.15, 0.2) is 5.78 Å². The lowest BCUT2D eigenvalue weighted by Gasteiger charge is -2.12. The van der Waals surface area contributed by atoms with E-state index >= 15 is 0 Å². The fraction of sp³-hybridized carbons (Fsp3) is 0.364. The van der Waals surface area contributed by atoms with E-state index in [0.29, 0.717) is 11.3 Å². The molecule has 0 aromatic heterocycles. The molecule has 5 nitrogen and oxygen atoms in total. The van der Waals surface area contributed by atoms with Crippen molar-refractivity contribution in [3.8, 4) is 5.75 Å². The highest BCUT2D eigenvalue weighted by Gasteiger charge is 2.26. The summed E-state index contributed by atoms with van der Waals surface area (Å²) in [5, 5.41) is 0. The molecule has 0 bridgehead atoms. The Morgan fingerprint density at radius 3 is 2.41 bits per heavy atom. The van der Waals surface area contributed by atoms with Crippen LogP contribution in [-0.4, -0.2) is 33.3 Å². The van der Waals surface area contributed by atoms with Gasteiger partial charge >= 0.3 is 7.60 Å². The number of ether oxygens (including phenoxy) is 1. The van der Waals surface area contributed by atoms with Crippen molar-refractivity contribution >= 4 is 13.4 Å². The van der Waals surface area contributed by atoms with E-state index in [0.717, 1.165) is 0 Å². The van der Waals surface area contributed by atoms with Crippen LogP contribution in [0.1, 0.15) is 10.4 Å². The summed E-state index contributed by atoms with van der Waals surface area (Å²) in [5.74, 6) is 0.261. The Morgan fingerprint density at radius 2 is 1.88 bits per heavy atom. The van der Waals surface area contributed by atoms with Gasteiger partial charge in [0.05, 0.1) is 7.11 Å². The van der Waals surface area contributed by atoms with Crippen molar-refractivity contribution in [3.63, 3.8) is 0 Å². The summed E-state index contributed by atoms with van der Waals surface area (Å²) >= 11 is 0. The van der Waals surface area contributed by atoms with Crippen LogP contribution in [0.4, 0.5) is 0 Å². The number of methoxy groups -OCH3 is 1. The van der Waals surface area contributed by atoms with E-state index in [1.807, 2.05) is 0 Å². The Kier molecular flexibility index (Phi) is 4.87. The lowest BCUT2D eigenvalue weighted by Crippen LogP contribution is -2.08. The molecule has 0 radical (unpaired) electrons. The molecule has 94 valence electrons. The summed E-state index contributed by atoms with van der Waals surface area (Å²) in [4.78, 5) is 11.9. The van der Waals surface area contributed by atoms with E-state index in [9.17, 15) is 9.36 Å². The van der Waals surface area contributed by atoms with E-state index < -0.39 is 7.60 Å². The molecule has 0 atom stereocenters. The minimum atomic E-state index is -3.32. The zero-order chi connectivity index (χ0) is 12.9. The van der Waals surface area contributed by atoms with Gasteiger partial charge in [-0.1, -0.05) is 12.1 Å². The fourth-order valence-electron chi connectivity index (χ4n) is 1.27. The maximum Gasteiger partial charge on any atom is 0.337 e. The number of benzene rings is 1. The summed E-state index contributed by atoms with van der Waals surface area (Å²) in [7, 11) is 0.702. The van der Waals surface area contributed by atoms with Crippen LogP contribution in [0.2, 0.25) is 0 Å². The SMILES string of the molecule is COc1cccc(C(=O)CP(=O)(OC)OC)c1. The third-order valence-electron chi connectivity index (χ3n) is 2.29. The molecule has 0 aliphatic heterocycles. The molecule has 0 spiro atoms. The first-order valence-electron chi connectivity index (χ1n) is 4.92. The van der Waals surface area contributed by atoms with Crippen LogP contribution in [-0.2, 0) is 13.6 Å². The number of carbonyl (C=O) groups excluding carboxylic acids is 1. The molecule has 0 N–H and O–H groups in total. The molecular formula is C11H15O5P. The highest BCUT2D eigenvalue weighted by molar-refractivity contribution is 7.54. The van der Waals surface area contributed by atoms with Gasteiger partial charge in [0.2, 0.25) is 0 Å². The zero-order valence-corrected chi connectivity index (χ0v) is 10.9. The Hall–Kier alpha value is -1.16. The second-order valence-corrected chi connectivity index (χ2v) is 5.56. The molecule has 0 aliphatic carbocycles. The molecular weight excluding hydrogens is 243 g/mol. The third kappa shape index (κ3) is 3.66. The van der Waals surface area contributed by atoms with Gasteiger partial charge in [-0.05, 0) is 12.1 Å². The zero-order valence-electron chi connectivity index (χ0n) is 10.0. The maximum atomic E-state index is 11.9. The van der Waals surface area contributed by atoms with Gasteiger partial charge in [-0.15, -0.1) is 0 Å². The maximum absolute atomic E-state index is 11.9. The monoisotopic (exact) mass is 258 g/mol. The van der Waals surface area contributed by atoms with Crippen LogP contribution in [0.3, 0.4) is 0 Å². The molecule has 1 rings (SSSR count). The highest BCUT2D eigenvalue weighted by atomic mass is 31.2. The Labute approximate surface area is 100 Å². The second-order valence-electron chi connectivity index (χ2n) is 3.29. The molecule has 0 aliphatic rings. The largest absolute Gasteiger partial charge is 0.497 e. The molecule has 0 saturated carbocycles. The van der Waals surface area contributed by atoms with Crippen LogP contribution in [0, 0.1) is 0 Å². The van der Waals surface area contributed by atoms with Crippen LogP contribution in [0.25, 0.3) is 0 Å². The van der Waals surface area contributed by atoms with Crippen molar-refractivity contribution < 1.29 is 23.1 Å². The van der Waals surface area contributed by atoms with Gasteiger partial charge in [-0.2, -0.15) is 0 Å². The normalized spacial score (nSPS) is 11.2. The average molecular weight is 258 g/mol. The quantitative estimate of drug-likeness (QED) is 0.579. The van der Waals surface area contributed by atoms with Crippen LogP contribution in [0.15, 0.2) is 24.3 Å². The molecule has 0 heterocycles. The van der Waals surface area contributed by atoms with Gasteiger partial charge in [-0.3, -0.25) is 9.36 Å². The molecule has 1 aromatic rings. The molecule has 0 saturated heterocycles. The van der Waals surface area contributed by atoms with Crippen molar-refractivity contribution in [1.29, 1.82) is 0 Å². The molecule has 6 heteroatoms. The van der Waals surface area contributed by atoms with E-state index in [1.165, 1.54) is 21.3 Å². The van der Waals surface area contributed by atoms with Crippen molar-refractivity contribution in [1.82, 2.24) is 0 Å². The van der Waals surface area contributed by atoms with E-state index in [2.05, 4.69) is 0 Å². The van der Waals surface area contributed by atoms with Gasteiger partial charge in [0.25, 0.3) is 0 Å². The summed E-state index contributed by atoms with van der Waals surface area (Å²) in [6, 6.07) is 6.62. The number of rotatable bonds is 6. The lowest BCUT2D eigenvalue weighted by atomic mass is 10.1. The topological polar surface area (TPSA) is 61.8 Å². The van der Waals surface area contributed by atoms with E-state index in [4.69, 9.17) is 13.8 Å². The molecule has 0 unspecified atom stereocenters. The summed E-state index contributed by atoms with van der Waals surface area (Å²) < 4.78 is 26.2. The number of carbonyl (C=O) groups is 1. The Bertz CT molecular complexity index is 435. The van der Waals surface area contributed by atoms with Gasteiger partial charge in [-0.25, -0.2) is 0 Å². The standard InChI is InChI=1S/C11H15O5P/c1-14-10-6-4-5-9(7-10)11(12)8-17(13,15-2)16-3/h4-7H,8H2,1-3H3. The highest BCUT2D eigenvalue weighted by Crippen LogP contribution is 2.46. The predicted octanol–water partition coefficient (Wildman–Crippen LogP) is 2.36. The van der Waals surface area contributed by atoms with Crippen LogP contribution < -0.4 is 4.74 Å². The smallest absolute Gasteiger partial charge is 0.337 e. The van der Waals surface area contributed by atoms with Crippen molar-refractivity contribution in [2.45, 2.75) is 0 Å². The number of hydrogen-bond acceptors (Lipinski definition) is 5. The third-order valence-corrected chi connectivity index (χ3v) is 4.07. The summed E-state index contributed by atoms with van der Waals surface area (Å²) in [5.41, 5.74) is 0.415. The first-order valence-corrected chi connectivity index (χ1v) is 6.65. The Balaban J connectivity index is 2.86. The predicted molar refractivity (Wildman–Crippen MR) is 63.8 cm³/mol. The van der Waals surface area contributed by atoms with Gasteiger partial charge in [0.1, 0.15) is 11.9 Å². The van der Waals surface area contributed by atoms with Gasteiger partial charge in [0, 0.05) is 19.8 Å². The second kappa shape index (κ2) is 5.96. The number of ketones is 1. The fourth-order valence-corrected chi connectivity index (χ4v) is 2.21. The lowest BCUT2D eigenvalue weighted by molar-refractivity contribution is 0.101. The molecule has 1 aromatic carbocycles. The molecule has 17 heavy (non-hydrogen) atoms. The van der Waals surface area contributed by atoms with Crippen LogP contribution in [0.5, 0.6) is 5.75 Å².